The van der Waals surface area contributed by atoms with Crippen molar-refractivity contribution in [3.63, 3.8) is 0 Å². The Labute approximate surface area is 175 Å². The molecule has 29 heavy (non-hydrogen) atoms. The van der Waals surface area contributed by atoms with Crippen molar-refractivity contribution in [1.29, 1.82) is 0 Å². The van der Waals surface area contributed by atoms with Crippen LogP contribution in [0.1, 0.15) is 57.8 Å². The Hall–Kier alpha value is -1.14. The van der Waals surface area contributed by atoms with E-state index in [0.717, 1.165) is 71.7 Å². The van der Waals surface area contributed by atoms with Crippen LogP contribution in [0.25, 0.3) is 0 Å². The molecule has 4 aliphatic rings. The summed E-state index contributed by atoms with van der Waals surface area (Å²) in [5.74, 6) is 1.94. The summed E-state index contributed by atoms with van der Waals surface area (Å²) in [6, 6.07) is 0. The van der Waals surface area contributed by atoms with Crippen molar-refractivity contribution in [2.24, 2.45) is 17.8 Å². The molecule has 6 heteroatoms. The average molecular weight is 406 g/mol. The first-order valence-corrected chi connectivity index (χ1v) is 12.1. The maximum Gasteiger partial charge on any atom is 0.227 e. The molecule has 4 rings (SSSR count). The van der Waals surface area contributed by atoms with Crippen LogP contribution in [0.4, 0.5) is 0 Å². The van der Waals surface area contributed by atoms with Gasteiger partial charge >= 0.3 is 0 Å². The van der Waals surface area contributed by atoms with Crippen molar-refractivity contribution in [2.45, 2.75) is 57.8 Å². The second kappa shape index (κ2) is 10.3. The van der Waals surface area contributed by atoms with Crippen molar-refractivity contribution in [2.75, 3.05) is 59.0 Å². The number of carbonyl (C=O) groups excluding carboxylic acids is 2. The molecule has 3 aliphatic heterocycles. The summed E-state index contributed by atoms with van der Waals surface area (Å²) in [7, 11) is 0. The van der Waals surface area contributed by atoms with Crippen LogP contribution >= 0.6 is 0 Å². The van der Waals surface area contributed by atoms with E-state index in [2.05, 4.69) is 9.80 Å². The van der Waals surface area contributed by atoms with Gasteiger partial charge in [0.2, 0.25) is 11.8 Å². The third kappa shape index (κ3) is 5.72. The largest absolute Gasteiger partial charge is 0.379 e. The van der Waals surface area contributed by atoms with E-state index < -0.39 is 0 Å². The van der Waals surface area contributed by atoms with Crippen LogP contribution in [-0.4, -0.2) is 85.5 Å². The fourth-order valence-electron chi connectivity index (χ4n) is 5.72. The van der Waals surface area contributed by atoms with Crippen LogP contribution in [0.5, 0.6) is 0 Å². The van der Waals surface area contributed by atoms with Crippen molar-refractivity contribution < 1.29 is 14.3 Å². The number of ether oxygens (including phenoxy) is 1. The average Bonchev–Trinajstić information content (AvgIpc) is 2.77. The second-order valence-electron chi connectivity index (χ2n) is 9.72. The Bertz CT molecular complexity index is 550. The molecule has 0 aromatic heterocycles. The summed E-state index contributed by atoms with van der Waals surface area (Å²) in [6.45, 7) is 8.27. The second-order valence-corrected chi connectivity index (χ2v) is 9.72. The van der Waals surface area contributed by atoms with Gasteiger partial charge in [-0.2, -0.15) is 0 Å². The Morgan fingerprint density at radius 3 is 2.28 bits per heavy atom. The highest BCUT2D eigenvalue weighted by atomic mass is 16.5. The van der Waals surface area contributed by atoms with Gasteiger partial charge < -0.3 is 14.5 Å². The molecule has 0 spiro atoms. The third-order valence-electron chi connectivity index (χ3n) is 7.60. The van der Waals surface area contributed by atoms with Gasteiger partial charge in [0.15, 0.2) is 0 Å². The lowest BCUT2D eigenvalue weighted by molar-refractivity contribution is -0.144. The Balaban J connectivity index is 1.23. The molecule has 0 radical (unpaired) electrons. The number of carbonyl (C=O) groups is 2. The molecule has 3 heterocycles. The fourth-order valence-corrected chi connectivity index (χ4v) is 5.72. The number of hydrogen-bond donors (Lipinski definition) is 0. The summed E-state index contributed by atoms with van der Waals surface area (Å²) < 4.78 is 5.45. The number of morpholine rings is 1. The lowest BCUT2D eigenvalue weighted by Crippen LogP contribution is -2.50. The molecule has 3 saturated heterocycles. The quantitative estimate of drug-likeness (QED) is 0.705. The number of hydrogen-bond acceptors (Lipinski definition) is 4. The summed E-state index contributed by atoms with van der Waals surface area (Å²) >= 11 is 0. The van der Waals surface area contributed by atoms with Gasteiger partial charge in [-0.05, 0) is 43.9 Å². The SMILES string of the molecule is O=C1CCC(C(=O)N2CCC(CN3CCOCC3)CC2)CN1CC1CCCCC1. The highest BCUT2D eigenvalue weighted by molar-refractivity contribution is 5.84. The van der Waals surface area contributed by atoms with Crippen LogP contribution in [0.3, 0.4) is 0 Å². The zero-order valence-electron chi connectivity index (χ0n) is 18.0. The highest BCUT2D eigenvalue weighted by Gasteiger charge is 2.35. The van der Waals surface area contributed by atoms with Crippen LogP contribution < -0.4 is 0 Å². The van der Waals surface area contributed by atoms with Gasteiger partial charge in [-0.3, -0.25) is 14.5 Å². The number of amides is 2. The highest BCUT2D eigenvalue weighted by Crippen LogP contribution is 2.28. The van der Waals surface area contributed by atoms with Crippen molar-refractivity contribution in [1.82, 2.24) is 14.7 Å². The molecule has 1 atom stereocenters. The molecule has 6 nitrogen and oxygen atoms in total. The van der Waals surface area contributed by atoms with Crippen LogP contribution in [-0.2, 0) is 14.3 Å². The Morgan fingerprint density at radius 1 is 0.862 bits per heavy atom. The van der Waals surface area contributed by atoms with Gasteiger partial charge in [0, 0.05) is 52.2 Å². The first-order chi connectivity index (χ1) is 14.2. The Kier molecular flexibility index (Phi) is 7.46. The van der Waals surface area contributed by atoms with E-state index in [-0.39, 0.29) is 11.8 Å². The summed E-state index contributed by atoms with van der Waals surface area (Å²) in [6.07, 6.45) is 9.96. The minimum Gasteiger partial charge on any atom is -0.379 e. The molecule has 164 valence electrons. The molecular weight excluding hydrogens is 366 g/mol. The Morgan fingerprint density at radius 2 is 1.55 bits per heavy atom. The van der Waals surface area contributed by atoms with Crippen molar-refractivity contribution in [3.8, 4) is 0 Å². The van der Waals surface area contributed by atoms with Gasteiger partial charge in [0.1, 0.15) is 0 Å². The van der Waals surface area contributed by atoms with Gasteiger partial charge in [0.05, 0.1) is 19.1 Å². The summed E-state index contributed by atoms with van der Waals surface area (Å²) in [4.78, 5) is 32.2. The fraction of sp³-hybridized carbons (Fsp3) is 0.913. The van der Waals surface area contributed by atoms with Crippen molar-refractivity contribution >= 4 is 11.8 Å². The van der Waals surface area contributed by atoms with Crippen LogP contribution in [0.2, 0.25) is 0 Å². The summed E-state index contributed by atoms with van der Waals surface area (Å²) in [5, 5.41) is 0. The summed E-state index contributed by atoms with van der Waals surface area (Å²) in [5.41, 5.74) is 0. The molecule has 4 fully saturated rings. The minimum atomic E-state index is 0.0204. The van der Waals surface area contributed by atoms with E-state index in [1.54, 1.807) is 0 Å². The van der Waals surface area contributed by atoms with Crippen molar-refractivity contribution in [3.05, 3.63) is 0 Å². The lowest BCUT2D eigenvalue weighted by atomic mass is 9.87. The zero-order valence-corrected chi connectivity index (χ0v) is 18.0. The normalized spacial score (nSPS) is 28.7. The van der Waals surface area contributed by atoms with Gasteiger partial charge in [0.25, 0.3) is 0 Å². The van der Waals surface area contributed by atoms with E-state index in [0.29, 0.717) is 30.7 Å². The maximum absolute atomic E-state index is 13.2. The lowest BCUT2D eigenvalue weighted by Gasteiger charge is -2.40. The smallest absolute Gasteiger partial charge is 0.227 e. The molecular formula is C23H39N3O3. The van der Waals surface area contributed by atoms with E-state index in [1.165, 1.54) is 32.1 Å². The molecule has 0 bridgehead atoms. The maximum atomic E-state index is 13.2. The van der Waals surface area contributed by atoms with Crippen LogP contribution in [0.15, 0.2) is 0 Å². The standard InChI is InChI=1S/C23H39N3O3/c27-22-7-6-21(18-26(22)17-19-4-2-1-3-5-19)23(28)25-10-8-20(9-11-25)16-24-12-14-29-15-13-24/h19-21H,1-18H2. The molecule has 1 unspecified atom stereocenters. The van der Waals surface area contributed by atoms with E-state index in [9.17, 15) is 9.59 Å². The third-order valence-corrected chi connectivity index (χ3v) is 7.60. The first-order valence-electron chi connectivity index (χ1n) is 12.1. The molecule has 2 amide bonds. The number of rotatable bonds is 5. The molecule has 0 aromatic carbocycles. The van der Waals surface area contributed by atoms with Crippen LogP contribution in [0, 0.1) is 17.8 Å². The molecule has 0 N–H and O–H groups in total. The number of piperidine rings is 2. The first kappa shape index (κ1) is 21.1. The van der Waals surface area contributed by atoms with E-state index in [4.69, 9.17) is 4.74 Å². The number of likely N-dealkylation sites (tertiary alicyclic amines) is 2. The van der Waals surface area contributed by atoms with Gasteiger partial charge in [-0.1, -0.05) is 19.3 Å². The molecule has 0 aromatic rings. The number of nitrogens with zero attached hydrogens (tertiary/aromatic N) is 3. The van der Waals surface area contributed by atoms with E-state index >= 15 is 0 Å². The van der Waals surface area contributed by atoms with Gasteiger partial charge in [-0.15, -0.1) is 0 Å². The van der Waals surface area contributed by atoms with E-state index in [1.807, 2.05) is 4.90 Å². The zero-order chi connectivity index (χ0) is 20.1. The van der Waals surface area contributed by atoms with Gasteiger partial charge in [-0.25, -0.2) is 0 Å². The molecule has 1 aliphatic carbocycles. The predicted octanol–water partition coefficient (Wildman–Crippen LogP) is 2.38. The topological polar surface area (TPSA) is 53.1 Å². The minimum absolute atomic E-state index is 0.0204. The monoisotopic (exact) mass is 405 g/mol. The predicted molar refractivity (Wildman–Crippen MR) is 112 cm³/mol. The molecule has 1 saturated carbocycles.